The maximum atomic E-state index is 13.7. The fourth-order valence-electron chi connectivity index (χ4n) is 3.60. The number of anilines is 2. The number of nitrogens with one attached hydrogen (secondary N) is 1. The van der Waals surface area contributed by atoms with Crippen LogP contribution in [-0.2, 0) is 6.18 Å². The molecule has 11 heteroatoms. The zero-order valence-electron chi connectivity index (χ0n) is 18.0. The summed E-state index contributed by atoms with van der Waals surface area (Å²) >= 11 is 0. The Morgan fingerprint density at radius 2 is 1.52 bits per heavy atom. The molecule has 8 nitrogen and oxygen atoms in total. The molecule has 3 aromatic rings. The fraction of sp³-hybridized carbons (Fsp3) is 0.318. The molecule has 1 N–H and O–H groups in total. The molecule has 0 bridgehead atoms. The molecule has 0 saturated carbocycles. The minimum Gasteiger partial charge on any atom is -0.497 e. The average molecular weight is 461 g/mol. The van der Waals surface area contributed by atoms with E-state index in [-0.39, 0.29) is 43.5 Å². The largest absolute Gasteiger partial charge is 0.497 e. The van der Waals surface area contributed by atoms with Crippen LogP contribution >= 0.6 is 0 Å². The van der Waals surface area contributed by atoms with Gasteiger partial charge in [-0.1, -0.05) is 12.1 Å². The Balaban J connectivity index is 1.49. The number of urea groups is 1. The molecule has 0 aliphatic carbocycles. The number of carbonyl (C=O) groups excluding carboxylic acids is 1. The SMILES string of the molecule is COc1cc(NC(=O)N2CCN(c3nc4ccccc4nc3C(F)(F)F)CC2)cc(OC)c1. The lowest BCUT2D eigenvalue weighted by molar-refractivity contribution is -0.140. The molecule has 1 aliphatic heterocycles. The molecule has 1 aliphatic rings. The first-order chi connectivity index (χ1) is 15.8. The molecule has 1 fully saturated rings. The number of hydrogen-bond donors (Lipinski definition) is 1. The van der Waals surface area contributed by atoms with Gasteiger partial charge in [0, 0.05) is 50.1 Å². The summed E-state index contributed by atoms with van der Waals surface area (Å²) in [6.45, 7) is 0.813. The van der Waals surface area contributed by atoms with Crippen LogP contribution in [0, 0.1) is 0 Å². The molecule has 1 saturated heterocycles. The third kappa shape index (κ3) is 4.86. The second-order valence-corrected chi connectivity index (χ2v) is 7.39. The lowest BCUT2D eigenvalue weighted by Crippen LogP contribution is -2.50. The Bertz CT molecular complexity index is 1140. The lowest BCUT2D eigenvalue weighted by Gasteiger charge is -2.36. The Kier molecular flexibility index (Phi) is 6.12. The van der Waals surface area contributed by atoms with Crippen LogP contribution in [0.2, 0.25) is 0 Å². The normalized spacial score (nSPS) is 14.3. The van der Waals surface area contributed by atoms with Gasteiger partial charge in [-0.25, -0.2) is 14.8 Å². The van der Waals surface area contributed by atoms with E-state index < -0.39 is 11.9 Å². The number of alkyl halides is 3. The predicted molar refractivity (Wildman–Crippen MR) is 117 cm³/mol. The van der Waals surface area contributed by atoms with Gasteiger partial charge in [-0.05, 0) is 12.1 Å². The number of carbonyl (C=O) groups is 1. The van der Waals surface area contributed by atoms with Crippen molar-refractivity contribution < 1.29 is 27.4 Å². The highest BCUT2D eigenvalue weighted by atomic mass is 19.4. The van der Waals surface area contributed by atoms with Crippen molar-refractivity contribution in [1.29, 1.82) is 0 Å². The molecule has 0 unspecified atom stereocenters. The van der Waals surface area contributed by atoms with Crippen molar-refractivity contribution in [1.82, 2.24) is 14.9 Å². The summed E-state index contributed by atoms with van der Waals surface area (Å²) in [6, 6.07) is 11.0. The molecule has 4 rings (SSSR count). The van der Waals surface area contributed by atoms with Crippen molar-refractivity contribution in [3.05, 3.63) is 48.2 Å². The van der Waals surface area contributed by atoms with Crippen molar-refractivity contribution in [2.75, 3.05) is 50.6 Å². The van der Waals surface area contributed by atoms with Gasteiger partial charge in [0.05, 0.1) is 25.3 Å². The number of nitrogens with zero attached hydrogens (tertiary/aromatic N) is 4. The standard InChI is InChI=1S/C22H22F3N5O3/c1-32-15-11-14(12-16(13-15)33-2)26-21(31)30-9-7-29(8-10-30)20-19(22(23,24)25)27-17-5-3-4-6-18(17)28-20/h3-6,11-13H,7-10H2,1-2H3,(H,26,31). The van der Waals surface area contributed by atoms with Crippen molar-refractivity contribution in [2.24, 2.45) is 0 Å². The minimum absolute atomic E-state index is 0.181. The van der Waals surface area contributed by atoms with Crippen LogP contribution in [0.3, 0.4) is 0 Å². The zero-order chi connectivity index (χ0) is 23.6. The van der Waals surface area contributed by atoms with Gasteiger partial charge in [-0.15, -0.1) is 0 Å². The molecule has 33 heavy (non-hydrogen) atoms. The van der Waals surface area contributed by atoms with E-state index in [1.807, 2.05) is 0 Å². The highest BCUT2D eigenvalue weighted by Gasteiger charge is 2.39. The number of rotatable bonds is 4. The predicted octanol–water partition coefficient (Wildman–Crippen LogP) is 4.02. The summed E-state index contributed by atoms with van der Waals surface area (Å²) in [5, 5.41) is 2.78. The van der Waals surface area contributed by atoms with Crippen molar-refractivity contribution in [3.8, 4) is 11.5 Å². The van der Waals surface area contributed by atoms with Crippen LogP contribution in [0.15, 0.2) is 42.5 Å². The molecule has 0 spiro atoms. The van der Waals surface area contributed by atoms with Gasteiger partial charge in [-0.2, -0.15) is 13.2 Å². The van der Waals surface area contributed by atoms with E-state index in [1.54, 1.807) is 36.4 Å². The van der Waals surface area contributed by atoms with Crippen molar-refractivity contribution >= 4 is 28.6 Å². The van der Waals surface area contributed by atoms with E-state index in [4.69, 9.17) is 9.47 Å². The van der Waals surface area contributed by atoms with E-state index in [2.05, 4.69) is 15.3 Å². The molecule has 0 radical (unpaired) electrons. The number of ether oxygens (including phenoxy) is 2. The number of amides is 2. The second kappa shape index (κ2) is 9.00. The summed E-state index contributed by atoms with van der Waals surface area (Å²) in [5.74, 6) is 0.812. The number of benzene rings is 2. The molecule has 2 heterocycles. The first kappa shape index (κ1) is 22.4. The van der Waals surface area contributed by atoms with Gasteiger partial charge >= 0.3 is 12.2 Å². The Morgan fingerprint density at radius 1 is 0.939 bits per heavy atom. The smallest absolute Gasteiger partial charge is 0.437 e. The van der Waals surface area contributed by atoms with Crippen molar-refractivity contribution in [2.45, 2.75) is 6.18 Å². The van der Waals surface area contributed by atoms with Crippen LogP contribution in [0.4, 0.5) is 29.5 Å². The second-order valence-electron chi connectivity index (χ2n) is 7.39. The number of methoxy groups -OCH3 is 2. The third-order valence-corrected chi connectivity index (χ3v) is 5.29. The first-order valence-corrected chi connectivity index (χ1v) is 10.2. The van der Waals surface area contributed by atoms with Crippen LogP contribution in [-0.4, -0.2) is 61.3 Å². The number of piperazine rings is 1. The number of aromatic nitrogens is 2. The van der Waals surface area contributed by atoms with E-state index >= 15 is 0 Å². The highest BCUT2D eigenvalue weighted by molar-refractivity contribution is 5.90. The summed E-state index contributed by atoms with van der Waals surface area (Å²) in [7, 11) is 3.01. The van der Waals surface area contributed by atoms with Crippen LogP contribution in [0.1, 0.15) is 5.69 Å². The molecule has 2 aromatic carbocycles. The van der Waals surface area contributed by atoms with Crippen LogP contribution in [0.5, 0.6) is 11.5 Å². The highest BCUT2D eigenvalue weighted by Crippen LogP contribution is 2.35. The zero-order valence-corrected chi connectivity index (χ0v) is 18.0. The summed E-state index contributed by atoms with van der Waals surface area (Å²) in [4.78, 5) is 23.8. The molecule has 1 aromatic heterocycles. The molecule has 2 amide bonds. The number of halogens is 3. The Hall–Kier alpha value is -3.76. The molecular formula is C22H22F3N5O3. The van der Waals surface area contributed by atoms with Gasteiger partial charge in [0.15, 0.2) is 11.5 Å². The topological polar surface area (TPSA) is 79.8 Å². The first-order valence-electron chi connectivity index (χ1n) is 10.2. The van der Waals surface area contributed by atoms with E-state index in [0.717, 1.165) is 0 Å². The van der Waals surface area contributed by atoms with Crippen LogP contribution in [0.25, 0.3) is 11.0 Å². The number of para-hydroxylation sites is 2. The molecule has 0 atom stereocenters. The van der Waals surface area contributed by atoms with E-state index in [9.17, 15) is 18.0 Å². The lowest BCUT2D eigenvalue weighted by atomic mass is 10.2. The van der Waals surface area contributed by atoms with Gasteiger partial charge in [0.1, 0.15) is 11.5 Å². The number of hydrogen-bond acceptors (Lipinski definition) is 6. The van der Waals surface area contributed by atoms with Gasteiger partial charge in [-0.3, -0.25) is 0 Å². The van der Waals surface area contributed by atoms with Crippen molar-refractivity contribution in [3.63, 3.8) is 0 Å². The van der Waals surface area contributed by atoms with E-state index in [1.165, 1.54) is 30.1 Å². The molecule has 174 valence electrons. The summed E-state index contributed by atoms with van der Waals surface area (Å²) in [5.41, 5.74) is 0.0221. The average Bonchev–Trinajstić information content (AvgIpc) is 2.82. The maximum Gasteiger partial charge on any atom is 0.437 e. The monoisotopic (exact) mass is 461 g/mol. The maximum absolute atomic E-state index is 13.7. The quantitative estimate of drug-likeness (QED) is 0.632. The van der Waals surface area contributed by atoms with Gasteiger partial charge < -0.3 is 24.6 Å². The summed E-state index contributed by atoms with van der Waals surface area (Å²) in [6.07, 6.45) is -4.65. The van der Waals surface area contributed by atoms with Gasteiger partial charge in [0.2, 0.25) is 0 Å². The Morgan fingerprint density at radius 3 is 2.06 bits per heavy atom. The van der Waals surface area contributed by atoms with Gasteiger partial charge in [0.25, 0.3) is 0 Å². The third-order valence-electron chi connectivity index (χ3n) is 5.29. The molecular weight excluding hydrogens is 439 g/mol. The number of fused-ring (bicyclic) bond motifs is 1. The minimum atomic E-state index is -4.65. The van der Waals surface area contributed by atoms with E-state index in [0.29, 0.717) is 22.7 Å². The van der Waals surface area contributed by atoms with Crippen LogP contribution < -0.4 is 19.7 Å². The fourth-order valence-corrected chi connectivity index (χ4v) is 3.60. The Labute approximate surface area is 187 Å². The summed E-state index contributed by atoms with van der Waals surface area (Å²) < 4.78 is 51.4.